The molecule has 1 atom stereocenters. The molecule has 0 fully saturated rings. The van der Waals surface area contributed by atoms with Crippen molar-refractivity contribution >= 4 is 17.5 Å². The van der Waals surface area contributed by atoms with E-state index in [-0.39, 0.29) is 6.04 Å². The Labute approximate surface area is 105 Å². The number of rotatable bonds is 2. The second kappa shape index (κ2) is 4.81. The van der Waals surface area contributed by atoms with Gasteiger partial charge >= 0.3 is 5.95 Å². The molecule has 1 heterocycles. The summed E-state index contributed by atoms with van der Waals surface area (Å²) >= 11 is 6.04. The van der Waals surface area contributed by atoms with Gasteiger partial charge in [0.05, 0.1) is 31.5 Å². The Morgan fingerprint density at radius 2 is 2.29 bits per heavy atom. The highest BCUT2D eigenvalue weighted by molar-refractivity contribution is 6.32. The smallest absolute Gasteiger partial charge is 0.324 e. The van der Waals surface area contributed by atoms with Crippen LogP contribution in [0.25, 0.3) is 0 Å². The van der Waals surface area contributed by atoms with Crippen molar-refractivity contribution in [1.29, 1.82) is 0 Å². The molecule has 6 heteroatoms. The highest BCUT2D eigenvalue weighted by atomic mass is 35.5. The zero-order chi connectivity index (χ0) is 12.4. The van der Waals surface area contributed by atoms with Crippen LogP contribution in [0.4, 0.5) is 5.95 Å². The lowest BCUT2D eigenvalue weighted by Gasteiger charge is -2.09. The maximum atomic E-state index is 6.04. The van der Waals surface area contributed by atoms with Crippen LogP contribution in [0.2, 0.25) is 0 Å². The molecule has 17 heavy (non-hydrogen) atoms. The Bertz CT molecular complexity index is 492. The molecule has 90 valence electrons. The average Bonchev–Trinajstić information content (AvgIpc) is 2.58. The van der Waals surface area contributed by atoms with Crippen LogP contribution in [0.1, 0.15) is 6.42 Å². The molecular weight excluding hydrogens is 238 g/mol. The molecule has 0 bridgehead atoms. The summed E-state index contributed by atoms with van der Waals surface area (Å²) in [7, 11) is 3.83. The van der Waals surface area contributed by atoms with E-state index in [1.807, 2.05) is 41.7 Å². The Balaban J connectivity index is 2.20. The molecule has 0 saturated heterocycles. The number of aromatic nitrogens is 2. The van der Waals surface area contributed by atoms with Gasteiger partial charge in [-0.3, -0.25) is 0 Å². The first kappa shape index (κ1) is 12.0. The fourth-order valence-electron chi connectivity index (χ4n) is 1.60. The fraction of sp³-hybridized carbons (Fsp3) is 0.364. The normalized spacial score (nSPS) is 20.6. The third kappa shape index (κ3) is 2.62. The minimum Gasteiger partial charge on any atom is -0.324 e. The summed E-state index contributed by atoms with van der Waals surface area (Å²) in [4.78, 5) is 0. The van der Waals surface area contributed by atoms with Gasteiger partial charge in [0, 0.05) is 11.2 Å². The van der Waals surface area contributed by atoms with Gasteiger partial charge in [-0.2, -0.15) is 0 Å². The van der Waals surface area contributed by atoms with Crippen molar-refractivity contribution in [3.05, 3.63) is 35.3 Å². The van der Waals surface area contributed by atoms with Crippen molar-refractivity contribution in [3.8, 4) is 0 Å². The van der Waals surface area contributed by atoms with Gasteiger partial charge in [0.2, 0.25) is 0 Å². The molecule has 1 aromatic rings. The molecule has 0 saturated carbocycles. The molecule has 2 N–H and O–H groups in total. The molecule has 0 aliphatic heterocycles. The number of halogens is 1. The summed E-state index contributed by atoms with van der Waals surface area (Å²) in [6.45, 7) is 0. The van der Waals surface area contributed by atoms with Crippen molar-refractivity contribution in [2.24, 2.45) is 30.1 Å². The first-order chi connectivity index (χ1) is 8.08. The van der Waals surface area contributed by atoms with Crippen LogP contribution in [-0.2, 0) is 14.1 Å². The van der Waals surface area contributed by atoms with Gasteiger partial charge in [-0.15, -0.1) is 0 Å². The fourth-order valence-corrected chi connectivity index (χ4v) is 1.87. The molecule has 1 aromatic heterocycles. The molecule has 2 rings (SSSR count). The number of allylic oxidation sites excluding steroid dienone is 1. The van der Waals surface area contributed by atoms with Crippen LogP contribution >= 0.6 is 11.6 Å². The Morgan fingerprint density at radius 3 is 2.88 bits per heavy atom. The van der Waals surface area contributed by atoms with Gasteiger partial charge in [-0.25, -0.2) is 9.13 Å². The monoisotopic (exact) mass is 252 g/mol. The molecule has 0 amide bonds. The summed E-state index contributed by atoms with van der Waals surface area (Å²) in [6.07, 6.45) is 8.26. The quantitative estimate of drug-likeness (QED) is 0.632. The van der Waals surface area contributed by atoms with Crippen molar-refractivity contribution in [2.45, 2.75) is 12.5 Å². The molecule has 0 aromatic carbocycles. The van der Waals surface area contributed by atoms with Crippen LogP contribution in [0.3, 0.4) is 0 Å². The van der Waals surface area contributed by atoms with Crippen molar-refractivity contribution in [3.63, 3.8) is 0 Å². The minimum atomic E-state index is -0.0207. The van der Waals surface area contributed by atoms with Gasteiger partial charge in [0.15, 0.2) is 0 Å². The third-order valence-electron chi connectivity index (χ3n) is 2.58. The van der Waals surface area contributed by atoms with Gasteiger partial charge in [0.1, 0.15) is 5.70 Å². The summed E-state index contributed by atoms with van der Waals surface area (Å²) in [5, 5.41) is 8.89. The predicted octanol–water partition coefficient (Wildman–Crippen LogP) is 1.67. The van der Waals surface area contributed by atoms with E-state index in [4.69, 9.17) is 17.3 Å². The van der Waals surface area contributed by atoms with Crippen molar-refractivity contribution in [1.82, 2.24) is 4.57 Å². The Kier molecular flexibility index (Phi) is 3.40. The van der Waals surface area contributed by atoms with E-state index in [1.54, 1.807) is 6.08 Å². The largest absolute Gasteiger partial charge is 0.421 e. The minimum absolute atomic E-state index is 0.0207. The second-order valence-electron chi connectivity index (χ2n) is 4.02. The maximum Gasteiger partial charge on any atom is 0.421 e. The van der Waals surface area contributed by atoms with E-state index in [1.165, 1.54) is 0 Å². The lowest BCUT2D eigenvalue weighted by Crippen LogP contribution is -2.25. The van der Waals surface area contributed by atoms with Crippen LogP contribution in [0.5, 0.6) is 0 Å². The van der Waals surface area contributed by atoms with E-state index in [0.29, 0.717) is 10.7 Å². The third-order valence-corrected chi connectivity index (χ3v) is 2.90. The lowest BCUT2D eigenvalue weighted by atomic mass is 10.1. The maximum absolute atomic E-state index is 6.04. The molecule has 0 spiro atoms. The number of aryl methyl sites for hydroxylation is 2. The lowest BCUT2D eigenvalue weighted by molar-refractivity contribution is -0.657. The molecule has 1 aliphatic carbocycles. The van der Waals surface area contributed by atoms with E-state index >= 15 is 0 Å². The number of hydrogen-bond donors (Lipinski definition) is 1. The molecule has 1 unspecified atom stereocenters. The molecule has 5 nitrogen and oxygen atoms in total. The summed E-state index contributed by atoms with van der Waals surface area (Å²) < 4.78 is 3.77. The zero-order valence-electron chi connectivity index (χ0n) is 9.84. The number of nitrogens with zero attached hydrogens (tertiary/aromatic N) is 4. The first-order valence-corrected chi connectivity index (χ1v) is 5.72. The van der Waals surface area contributed by atoms with Crippen molar-refractivity contribution in [2.75, 3.05) is 0 Å². The van der Waals surface area contributed by atoms with Crippen LogP contribution in [0.15, 0.2) is 45.5 Å². The van der Waals surface area contributed by atoms with E-state index in [2.05, 4.69) is 10.2 Å². The van der Waals surface area contributed by atoms with Crippen LogP contribution in [0, 0.1) is 0 Å². The molecule has 0 radical (unpaired) electrons. The summed E-state index contributed by atoms with van der Waals surface area (Å²) in [6, 6.07) is -0.0207. The van der Waals surface area contributed by atoms with Gasteiger partial charge in [-0.05, 0) is 12.5 Å². The van der Waals surface area contributed by atoms with Gasteiger partial charge in [-0.1, -0.05) is 22.8 Å². The number of nitrogens with two attached hydrogens (primary N) is 1. The summed E-state index contributed by atoms with van der Waals surface area (Å²) in [5.74, 6) is 0.755. The standard InChI is InChI=1S/C11H15ClN5/c1-16-5-6-17(2)11(16)15-14-10-4-3-8(13)7-9(10)12/h4-8H,3,13H2,1-2H3/q+1. The number of imidazole rings is 1. The van der Waals surface area contributed by atoms with Gasteiger partial charge in [0.25, 0.3) is 0 Å². The van der Waals surface area contributed by atoms with E-state index < -0.39 is 0 Å². The highest BCUT2D eigenvalue weighted by Crippen LogP contribution is 2.23. The van der Waals surface area contributed by atoms with E-state index in [0.717, 1.165) is 12.4 Å². The molecule has 1 aliphatic rings. The van der Waals surface area contributed by atoms with Crippen LogP contribution < -0.4 is 10.3 Å². The topological polar surface area (TPSA) is 59.5 Å². The SMILES string of the molecule is Cn1cc[n+](C)c1N=NC1=CCC(N)C=C1Cl. The number of hydrogen-bond acceptors (Lipinski definition) is 3. The summed E-state index contributed by atoms with van der Waals surface area (Å²) in [5.41, 5.74) is 6.42. The van der Waals surface area contributed by atoms with Gasteiger partial charge < -0.3 is 5.73 Å². The highest BCUT2D eigenvalue weighted by Gasteiger charge is 2.14. The zero-order valence-corrected chi connectivity index (χ0v) is 10.6. The first-order valence-electron chi connectivity index (χ1n) is 5.34. The predicted molar refractivity (Wildman–Crippen MR) is 65.7 cm³/mol. The Hall–Kier alpha value is -1.46. The second-order valence-corrected chi connectivity index (χ2v) is 4.43. The molecular formula is C11H15ClN5+. The Morgan fingerprint density at radius 1 is 1.53 bits per heavy atom. The van der Waals surface area contributed by atoms with E-state index in [9.17, 15) is 0 Å². The van der Waals surface area contributed by atoms with Crippen LogP contribution in [-0.4, -0.2) is 10.6 Å². The average molecular weight is 253 g/mol. The number of azo groups is 1. The van der Waals surface area contributed by atoms with Crippen molar-refractivity contribution < 1.29 is 4.57 Å².